The first-order valence-electron chi connectivity index (χ1n) is 18.7. The molecule has 7 rings (SSSR count). The van der Waals surface area contributed by atoms with Gasteiger partial charge in [0, 0.05) is 37.8 Å². The second-order valence-electron chi connectivity index (χ2n) is 14.8. The van der Waals surface area contributed by atoms with Crippen molar-refractivity contribution in [2.45, 2.75) is 94.9 Å². The van der Waals surface area contributed by atoms with Gasteiger partial charge in [-0.2, -0.15) is 0 Å². The number of hydrogen-bond donors (Lipinski definition) is 3. The molecule has 4 aliphatic rings. The Kier molecular flexibility index (Phi) is 10.4. The molecule has 3 heterocycles. The zero-order valence-electron chi connectivity index (χ0n) is 29.6. The highest BCUT2D eigenvalue weighted by molar-refractivity contribution is 5.97. The van der Waals surface area contributed by atoms with E-state index in [-0.39, 0.29) is 36.2 Å². The molecule has 1 aliphatic carbocycles. The van der Waals surface area contributed by atoms with E-state index in [4.69, 9.17) is 0 Å². The average Bonchev–Trinajstić information content (AvgIpc) is 3.41. The number of anilines is 1. The van der Waals surface area contributed by atoms with Crippen LogP contribution < -0.4 is 20.9 Å². The number of piperidine rings is 1. The maximum Gasteiger partial charge on any atom is 0.250 e. The highest BCUT2D eigenvalue weighted by Gasteiger charge is 2.54. The summed E-state index contributed by atoms with van der Waals surface area (Å²) in [5.41, 5.74) is 4.49. The number of rotatable bonds is 9. The van der Waals surface area contributed by atoms with Crippen LogP contribution >= 0.6 is 0 Å². The van der Waals surface area contributed by atoms with E-state index in [0.29, 0.717) is 52.0 Å². The van der Waals surface area contributed by atoms with E-state index >= 15 is 0 Å². The van der Waals surface area contributed by atoms with Crippen LogP contribution in [0.1, 0.15) is 67.2 Å². The van der Waals surface area contributed by atoms with E-state index in [1.807, 2.05) is 78.6 Å². The highest BCUT2D eigenvalue weighted by atomic mass is 16.2. The summed E-state index contributed by atoms with van der Waals surface area (Å²) in [6.45, 7) is 3.70. The van der Waals surface area contributed by atoms with Crippen molar-refractivity contribution in [3.63, 3.8) is 0 Å². The first-order chi connectivity index (χ1) is 24.8. The van der Waals surface area contributed by atoms with Crippen LogP contribution in [0.5, 0.6) is 0 Å². The Balaban J connectivity index is 1.06. The second kappa shape index (κ2) is 15.3. The van der Waals surface area contributed by atoms with Gasteiger partial charge in [-0.1, -0.05) is 91.6 Å². The summed E-state index contributed by atoms with van der Waals surface area (Å²) in [6, 6.07) is 25.1. The third-order valence-corrected chi connectivity index (χ3v) is 11.4. The smallest absolute Gasteiger partial charge is 0.250 e. The lowest BCUT2D eigenvalue weighted by Crippen LogP contribution is -2.60. The van der Waals surface area contributed by atoms with E-state index in [9.17, 15) is 19.2 Å². The van der Waals surface area contributed by atoms with Gasteiger partial charge in [-0.25, -0.2) is 0 Å². The van der Waals surface area contributed by atoms with Gasteiger partial charge in [-0.05, 0) is 67.9 Å². The minimum atomic E-state index is -0.863. The van der Waals surface area contributed by atoms with Crippen molar-refractivity contribution in [3.8, 4) is 0 Å². The zero-order chi connectivity index (χ0) is 35.4. The Labute approximate surface area is 300 Å². The van der Waals surface area contributed by atoms with Crippen molar-refractivity contribution >= 4 is 29.3 Å². The molecule has 2 saturated heterocycles. The molecule has 3 aliphatic heterocycles. The maximum absolute atomic E-state index is 14.4. The summed E-state index contributed by atoms with van der Waals surface area (Å²) in [7, 11) is 0. The summed E-state index contributed by atoms with van der Waals surface area (Å²) in [4.78, 5) is 61.2. The lowest BCUT2D eigenvalue weighted by atomic mass is 9.85. The predicted octanol–water partition coefficient (Wildman–Crippen LogP) is 3.85. The number of aryl methyl sites for hydroxylation is 1. The molecule has 2 atom stereocenters. The van der Waals surface area contributed by atoms with Crippen LogP contribution in [0.4, 0.5) is 5.69 Å². The number of likely N-dealkylation sites (tertiary alicyclic amines) is 1. The van der Waals surface area contributed by atoms with E-state index in [2.05, 4.69) is 33.0 Å². The van der Waals surface area contributed by atoms with Crippen LogP contribution in [0.3, 0.4) is 0 Å². The Morgan fingerprint density at radius 3 is 2.29 bits per heavy atom. The molecule has 268 valence electrons. The van der Waals surface area contributed by atoms with Crippen LogP contribution in [0, 0.1) is 6.92 Å². The molecule has 3 fully saturated rings. The number of carbonyl (C=O) groups excluding carboxylic acids is 4. The zero-order valence-corrected chi connectivity index (χ0v) is 29.6. The summed E-state index contributed by atoms with van der Waals surface area (Å²) in [5, 5.41) is 9.65. The number of nitrogens with one attached hydrogen (secondary N) is 3. The van der Waals surface area contributed by atoms with Gasteiger partial charge in [-0.3, -0.25) is 19.2 Å². The molecular weight excluding hydrogens is 640 g/mol. The molecule has 1 saturated carbocycles. The molecule has 10 nitrogen and oxygen atoms in total. The van der Waals surface area contributed by atoms with Crippen molar-refractivity contribution in [1.29, 1.82) is 0 Å². The van der Waals surface area contributed by atoms with Crippen LogP contribution in [-0.2, 0) is 38.6 Å². The summed E-state index contributed by atoms with van der Waals surface area (Å²) < 4.78 is 0. The Morgan fingerprint density at radius 1 is 0.882 bits per heavy atom. The Bertz CT molecular complexity index is 1720. The monoisotopic (exact) mass is 690 g/mol. The molecule has 0 radical (unpaired) electrons. The SMILES string of the molecule is Cc1ccc(CC(NC(=O)C2Cc3ccccc3CN2)C(=O)N2CCC3(CC2)C(=O)N(CC(=O)NC2CCCCC2)CN3c2ccccc2)cc1. The van der Waals surface area contributed by atoms with Gasteiger partial charge in [0.2, 0.25) is 17.7 Å². The number of carbonyl (C=O) groups is 4. The minimum absolute atomic E-state index is 0.0212. The van der Waals surface area contributed by atoms with Crippen molar-refractivity contribution in [3.05, 3.63) is 101 Å². The number of hydrogen-bond acceptors (Lipinski definition) is 6. The summed E-state index contributed by atoms with van der Waals surface area (Å²) in [5.74, 6) is -0.508. The lowest BCUT2D eigenvalue weighted by Gasteiger charge is -2.44. The molecule has 3 N–H and O–H groups in total. The van der Waals surface area contributed by atoms with E-state index in [0.717, 1.165) is 48.1 Å². The van der Waals surface area contributed by atoms with Gasteiger partial charge < -0.3 is 30.7 Å². The van der Waals surface area contributed by atoms with Crippen LogP contribution in [0.15, 0.2) is 78.9 Å². The lowest BCUT2D eigenvalue weighted by molar-refractivity contribution is -0.141. The molecule has 51 heavy (non-hydrogen) atoms. The number of benzene rings is 3. The van der Waals surface area contributed by atoms with Gasteiger partial charge in [-0.15, -0.1) is 0 Å². The largest absolute Gasteiger partial charge is 0.352 e. The fourth-order valence-electron chi connectivity index (χ4n) is 8.41. The standard InChI is InChI=1S/C41H50N6O4/c1-29-16-18-30(19-17-29)24-36(44-38(49)35-25-31-10-8-9-11-32(31)26-42-35)39(50)45-22-20-41(21-23-45)40(51)46(28-47(41)34-14-6-3-7-15-34)27-37(48)43-33-12-4-2-5-13-33/h3,6-11,14-19,33,35-36,42H,2,4-5,12-13,20-28H2,1H3,(H,43,48)(H,44,49). The van der Waals surface area contributed by atoms with E-state index in [1.54, 1.807) is 4.90 Å². The summed E-state index contributed by atoms with van der Waals surface area (Å²) >= 11 is 0. The molecule has 2 unspecified atom stereocenters. The van der Waals surface area contributed by atoms with E-state index < -0.39 is 17.6 Å². The number of nitrogens with zero attached hydrogens (tertiary/aromatic N) is 3. The molecule has 3 aromatic rings. The number of fused-ring (bicyclic) bond motifs is 1. The molecule has 0 bridgehead atoms. The van der Waals surface area contributed by atoms with Crippen molar-refractivity contribution in [2.24, 2.45) is 0 Å². The normalized spacial score (nSPS) is 20.9. The predicted molar refractivity (Wildman–Crippen MR) is 197 cm³/mol. The first kappa shape index (κ1) is 34.7. The molecule has 3 aromatic carbocycles. The van der Waals surface area contributed by atoms with Gasteiger partial charge >= 0.3 is 0 Å². The fourth-order valence-corrected chi connectivity index (χ4v) is 8.41. The van der Waals surface area contributed by atoms with Crippen LogP contribution in [0.2, 0.25) is 0 Å². The van der Waals surface area contributed by atoms with E-state index in [1.165, 1.54) is 12.0 Å². The van der Waals surface area contributed by atoms with Crippen molar-refractivity contribution in [2.75, 3.05) is 31.2 Å². The van der Waals surface area contributed by atoms with Gasteiger partial charge in [0.1, 0.15) is 18.1 Å². The molecule has 0 aromatic heterocycles. The molecule has 4 amide bonds. The molecule has 10 heteroatoms. The topological polar surface area (TPSA) is 114 Å². The number of amides is 4. The third kappa shape index (κ3) is 7.66. The van der Waals surface area contributed by atoms with Gasteiger partial charge in [0.15, 0.2) is 0 Å². The number of para-hydroxylation sites is 1. The Hall–Kier alpha value is -4.70. The van der Waals surface area contributed by atoms with Crippen LogP contribution in [0.25, 0.3) is 0 Å². The maximum atomic E-state index is 14.4. The quantitative estimate of drug-likeness (QED) is 0.315. The fraction of sp³-hybridized carbons (Fsp3) is 0.463. The highest BCUT2D eigenvalue weighted by Crippen LogP contribution is 2.39. The molecule has 1 spiro atoms. The van der Waals surface area contributed by atoms with Gasteiger partial charge in [0.05, 0.1) is 12.7 Å². The van der Waals surface area contributed by atoms with Crippen LogP contribution in [-0.4, -0.2) is 83.4 Å². The third-order valence-electron chi connectivity index (χ3n) is 11.4. The Morgan fingerprint density at radius 2 is 1.57 bits per heavy atom. The average molecular weight is 691 g/mol. The second-order valence-corrected chi connectivity index (χ2v) is 14.8. The first-order valence-corrected chi connectivity index (χ1v) is 18.7. The van der Waals surface area contributed by atoms with Crippen molar-refractivity contribution < 1.29 is 19.2 Å². The van der Waals surface area contributed by atoms with Gasteiger partial charge in [0.25, 0.3) is 5.91 Å². The van der Waals surface area contributed by atoms with Crippen molar-refractivity contribution in [1.82, 2.24) is 25.8 Å². The minimum Gasteiger partial charge on any atom is -0.352 e. The molecular formula is C41H50N6O4. The summed E-state index contributed by atoms with van der Waals surface area (Å²) in [6.07, 6.45) is 7.21.